The van der Waals surface area contributed by atoms with Crippen LogP contribution in [0.25, 0.3) is 11.5 Å². The molecule has 16 heavy (non-hydrogen) atoms. The Morgan fingerprint density at radius 2 is 2.12 bits per heavy atom. The molecular weight excluding hydrogens is 202 g/mol. The van der Waals surface area contributed by atoms with Crippen LogP contribution in [0.1, 0.15) is 18.3 Å². The monoisotopic (exact) mass is 217 g/mol. The number of hydrogen-bond acceptors (Lipinski definition) is 4. The summed E-state index contributed by atoms with van der Waals surface area (Å²) in [5.41, 5.74) is 7.92. The highest BCUT2D eigenvalue weighted by Crippen LogP contribution is 2.22. The van der Waals surface area contributed by atoms with E-state index in [0.29, 0.717) is 11.7 Å². The maximum Gasteiger partial charge on any atom is 0.258 e. The van der Waals surface area contributed by atoms with Gasteiger partial charge < -0.3 is 10.3 Å². The minimum atomic E-state index is 0.116. The van der Waals surface area contributed by atoms with E-state index in [-0.39, 0.29) is 6.04 Å². The summed E-state index contributed by atoms with van der Waals surface area (Å²) in [6.45, 7) is 3.79. The van der Waals surface area contributed by atoms with E-state index in [1.165, 1.54) is 0 Å². The second-order valence-corrected chi connectivity index (χ2v) is 3.99. The van der Waals surface area contributed by atoms with Crippen LogP contribution >= 0.6 is 0 Å². The zero-order valence-corrected chi connectivity index (χ0v) is 9.47. The summed E-state index contributed by atoms with van der Waals surface area (Å²) in [4.78, 5) is 4.23. The van der Waals surface area contributed by atoms with E-state index in [0.717, 1.165) is 17.5 Å². The lowest BCUT2D eigenvalue weighted by Crippen LogP contribution is -2.18. The maximum atomic E-state index is 5.81. The molecule has 84 valence electrons. The number of nitrogens with zero attached hydrogens (tertiary/aromatic N) is 2. The highest BCUT2D eigenvalue weighted by atomic mass is 16.5. The Balaban J connectivity index is 2.40. The SMILES string of the molecule is Cc1noc(-c2ccccc2CC(C)N)n1. The van der Waals surface area contributed by atoms with Crippen molar-refractivity contribution in [2.45, 2.75) is 26.3 Å². The Labute approximate surface area is 94.5 Å². The molecule has 0 saturated heterocycles. The third-order valence-corrected chi connectivity index (χ3v) is 2.32. The van der Waals surface area contributed by atoms with Gasteiger partial charge in [0, 0.05) is 11.6 Å². The fourth-order valence-corrected chi connectivity index (χ4v) is 1.66. The van der Waals surface area contributed by atoms with Crippen LogP contribution in [0, 0.1) is 6.92 Å². The molecule has 0 radical (unpaired) electrons. The smallest absolute Gasteiger partial charge is 0.258 e. The zero-order valence-electron chi connectivity index (χ0n) is 9.47. The van der Waals surface area contributed by atoms with E-state index in [2.05, 4.69) is 10.1 Å². The van der Waals surface area contributed by atoms with E-state index in [1.807, 2.05) is 31.2 Å². The summed E-state index contributed by atoms with van der Waals surface area (Å²) in [5, 5.41) is 3.80. The maximum absolute atomic E-state index is 5.81. The highest BCUT2D eigenvalue weighted by Gasteiger charge is 2.11. The molecule has 1 atom stereocenters. The first-order valence-electron chi connectivity index (χ1n) is 5.31. The normalized spacial score (nSPS) is 12.7. The summed E-state index contributed by atoms with van der Waals surface area (Å²) in [6, 6.07) is 8.08. The van der Waals surface area contributed by atoms with Crippen LogP contribution in [0.5, 0.6) is 0 Å². The van der Waals surface area contributed by atoms with Crippen LogP contribution in [0.15, 0.2) is 28.8 Å². The van der Waals surface area contributed by atoms with Crippen molar-refractivity contribution in [2.75, 3.05) is 0 Å². The van der Waals surface area contributed by atoms with Crippen molar-refractivity contribution in [3.63, 3.8) is 0 Å². The molecule has 0 bridgehead atoms. The molecule has 0 fully saturated rings. The predicted octanol–water partition coefficient (Wildman–Crippen LogP) is 1.93. The summed E-state index contributed by atoms with van der Waals surface area (Å²) in [7, 11) is 0. The minimum absolute atomic E-state index is 0.116. The highest BCUT2D eigenvalue weighted by molar-refractivity contribution is 5.58. The predicted molar refractivity (Wildman–Crippen MR) is 61.8 cm³/mol. The number of nitrogens with two attached hydrogens (primary N) is 1. The quantitative estimate of drug-likeness (QED) is 0.853. The lowest BCUT2D eigenvalue weighted by Gasteiger charge is -2.08. The molecule has 0 aliphatic rings. The Hall–Kier alpha value is -1.68. The molecule has 4 nitrogen and oxygen atoms in total. The molecule has 1 unspecified atom stereocenters. The molecule has 1 heterocycles. The summed E-state index contributed by atoms with van der Waals surface area (Å²) in [5.74, 6) is 1.21. The number of aryl methyl sites for hydroxylation is 1. The molecule has 0 saturated carbocycles. The number of aromatic nitrogens is 2. The molecule has 2 N–H and O–H groups in total. The molecule has 0 aliphatic heterocycles. The zero-order chi connectivity index (χ0) is 11.5. The Kier molecular flexibility index (Phi) is 3.01. The van der Waals surface area contributed by atoms with Gasteiger partial charge in [0.2, 0.25) is 0 Å². The lowest BCUT2D eigenvalue weighted by atomic mass is 10.0. The first-order valence-corrected chi connectivity index (χ1v) is 5.31. The molecule has 0 amide bonds. The fraction of sp³-hybridized carbons (Fsp3) is 0.333. The number of benzene rings is 1. The van der Waals surface area contributed by atoms with Crippen LogP contribution < -0.4 is 5.73 Å². The van der Waals surface area contributed by atoms with Gasteiger partial charge in [0.15, 0.2) is 5.82 Å². The second-order valence-electron chi connectivity index (χ2n) is 3.99. The number of hydrogen-bond donors (Lipinski definition) is 1. The van der Waals surface area contributed by atoms with Crippen LogP contribution in [-0.4, -0.2) is 16.2 Å². The van der Waals surface area contributed by atoms with Crippen LogP contribution in [0.4, 0.5) is 0 Å². The van der Waals surface area contributed by atoms with E-state index >= 15 is 0 Å². The summed E-state index contributed by atoms with van der Waals surface area (Å²) >= 11 is 0. The molecular formula is C12H15N3O. The molecule has 2 rings (SSSR count). The average Bonchev–Trinajstić information content (AvgIpc) is 2.65. The fourth-order valence-electron chi connectivity index (χ4n) is 1.66. The van der Waals surface area contributed by atoms with Gasteiger partial charge in [-0.2, -0.15) is 4.98 Å². The van der Waals surface area contributed by atoms with Crippen molar-refractivity contribution < 1.29 is 4.52 Å². The van der Waals surface area contributed by atoms with Gasteiger partial charge >= 0.3 is 0 Å². The number of rotatable bonds is 3. The van der Waals surface area contributed by atoms with Gasteiger partial charge in [-0.15, -0.1) is 0 Å². The van der Waals surface area contributed by atoms with Crippen LogP contribution in [-0.2, 0) is 6.42 Å². The van der Waals surface area contributed by atoms with Gasteiger partial charge in [-0.3, -0.25) is 0 Å². The van der Waals surface area contributed by atoms with Crippen molar-refractivity contribution in [3.8, 4) is 11.5 Å². The minimum Gasteiger partial charge on any atom is -0.334 e. The Bertz CT molecular complexity index is 477. The molecule has 0 aliphatic carbocycles. The van der Waals surface area contributed by atoms with Crippen molar-refractivity contribution in [3.05, 3.63) is 35.7 Å². The molecule has 1 aromatic heterocycles. The van der Waals surface area contributed by atoms with Gasteiger partial charge in [-0.1, -0.05) is 23.4 Å². The first-order chi connectivity index (χ1) is 7.66. The molecule has 1 aromatic carbocycles. The van der Waals surface area contributed by atoms with Gasteiger partial charge in [0.05, 0.1) is 0 Å². The van der Waals surface area contributed by atoms with Crippen molar-refractivity contribution in [1.29, 1.82) is 0 Å². The summed E-state index contributed by atoms with van der Waals surface area (Å²) in [6.07, 6.45) is 0.803. The molecule has 2 aromatic rings. The van der Waals surface area contributed by atoms with E-state index in [4.69, 9.17) is 10.3 Å². The van der Waals surface area contributed by atoms with Gasteiger partial charge in [-0.05, 0) is 31.9 Å². The van der Waals surface area contributed by atoms with E-state index in [9.17, 15) is 0 Å². The molecule has 0 spiro atoms. The third-order valence-electron chi connectivity index (χ3n) is 2.32. The average molecular weight is 217 g/mol. The second kappa shape index (κ2) is 4.45. The Morgan fingerprint density at radius 1 is 1.38 bits per heavy atom. The summed E-state index contributed by atoms with van der Waals surface area (Å²) < 4.78 is 5.17. The van der Waals surface area contributed by atoms with E-state index in [1.54, 1.807) is 6.92 Å². The van der Waals surface area contributed by atoms with Gasteiger partial charge in [0.1, 0.15) is 0 Å². The van der Waals surface area contributed by atoms with Gasteiger partial charge in [0.25, 0.3) is 5.89 Å². The van der Waals surface area contributed by atoms with Gasteiger partial charge in [-0.25, -0.2) is 0 Å². The van der Waals surface area contributed by atoms with Crippen LogP contribution in [0.2, 0.25) is 0 Å². The van der Waals surface area contributed by atoms with Crippen LogP contribution in [0.3, 0.4) is 0 Å². The Morgan fingerprint density at radius 3 is 2.75 bits per heavy atom. The topological polar surface area (TPSA) is 64.9 Å². The molecule has 4 heteroatoms. The largest absolute Gasteiger partial charge is 0.334 e. The van der Waals surface area contributed by atoms with E-state index < -0.39 is 0 Å². The lowest BCUT2D eigenvalue weighted by molar-refractivity contribution is 0.425. The van der Waals surface area contributed by atoms with Crippen molar-refractivity contribution in [1.82, 2.24) is 10.1 Å². The first kappa shape index (κ1) is 10.8. The standard InChI is InChI=1S/C12H15N3O/c1-8(13)7-10-5-3-4-6-11(10)12-14-9(2)15-16-12/h3-6,8H,7,13H2,1-2H3. The van der Waals surface area contributed by atoms with Crippen molar-refractivity contribution in [2.24, 2.45) is 5.73 Å². The van der Waals surface area contributed by atoms with Crippen molar-refractivity contribution >= 4 is 0 Å². The third kappa shape index (κ3) is 2.28.